The highest BCUT2D eigenvalue weighted by molar-refractivity contribution is 5.72. The van der Waals surface area contributed by atoms with Crippen LogP contribution in [0.15, 0.2) is 55.1 Å². The van der Waals surface area contributed by atoms with E-state index in [1.807, 2.05) is 0 Å². The second-order valence-electron chi connectivity index (χ2n) is 9.27. The summed E-state index contributed by atoms with van der Waals surface area (Å²) >= 11 is 0. The van der Waals surface area contributed by atoms with Crippen molar-refractivity contribution in [3.63, 3.8) is 0 Å². The van der Waals surface area contributed by atoms with Crippen LogP contribution in [0.4, 0.5) is 22.0 Å². The molecule has 1 aliphatic rings. The van der Waals surface area contributed by atoms with E-state index >= 15 is 17.6 Å². The Hall–Kier alpha value is -2.99. The van der Waals surface area contributed by atoms with Crippen LogP contribution in [0.2, 0.25) is 0 Å². The normalized spacial score (nSPS) is 17.8. The summed E-state index contributed by atoms with van der Waals surface area (Å²) in [6, 6.07) is 9.30. The van der Waals surface area contributed by atoms with Crippen LogP contribution >= 0.6 is 0 Å². The summed E-state index contributed by atoms with van der Waals surface area (Å²) < 4.78 is 80.4. The van der Waals surface area contributed by atoms with E-state index in [-0.39, 0.29) is 34.3 Å². The van der Waals surface area contributed by atoms with Gasteiger partial charge in [-0.1, -0.05) is 55.8 Å². The molecule has 6 heteroatoms. The number of hydrogen-bond acceptors (Lipinski definition) is 1. The molecule has 0 aliphatic carbocycles. The van der Waals surface area contributed by atoms with Gasteiger partial charge in [-0.3, -0.25) is 0 Å². The summed E-state index contributed by atoms with van der Waals surface area (Å²) in [5, 5.41) is 0. The van der Waals surface area contributed by atoms with Crippen LogP contribution in [0.1, 0.15) is 56.1 Å². The lowest BCUT2D eigenvalue weighted by Crippen LogP contribution is -2.25. The molecular weight excluding hydrogens is 471 g/mol. The Balaban J connectivity index is 1.61. The van der Waals surface area contributed by atoms with E-state index in [0.29, 0.717) is 31.4 Å². The molecule has 2 unspecified atom stereocenters. The second kappa shape index (κ2) is 11.4. The van der Waals surface area contributed by atoms with Gasteiger partial charge in [-0.05, 0) is 54.9 Å². The number of aryl methyl sites for hydroxylation is 1. The third-order valence-corrected chi connectivity index (χ3v) is 6.89. The minimum Gasteiger partial charge on any atom is -0.378 e. The van der Waals surface area contributed by atoms with Crippen molar-refractivity contribution in [1.82, 2.24) is 0 Å². The Morgan fingerprint density at radius 3 is 2.17 bits per heavy atom. The molecule has 36 heavy (non-hydrogen) atoms. The Kier molecular flexibility index (Phi) is 8.24. The Morgan fingerprint density at radius 1 is 0.861 bits per heavy atom. The molecule has 0 aromatic heterocycles. The third kappa shape index (κ3) is 5.24. The van der Waals surface area contributed by atoms with Crippen LogP contribution in [0.3, 0.4) is 0 Å². The van der Waals surface area contributed by atoms with Gasteiger partial charge in [0.15, 0.2) is 23.3 Å². The van der Waals surface area contributed by atoms with Crippen molar-refractivity contribution in [3.8, 4) is 22.3 Å². The van der Waals surface area contributed by atoms with Crippen molar-refractivity contribution < 1.29 is 26.7 Å². The minimum atomic E-state index is -1.32. The number of rotatable bonds is 8. The molecule has 190 valence electrons. The quantitative estimate of drug-likeness (QED) is 0.222. The highest BCUT2D eigenvalue weighted by Crippen LogP contribution is 2.37. The summed E-state index contributed by atoms with van der Waals surface area (Å²) in [6.45, 7) is 5.96. The average Bonchev–Trinajstić information content (AvgIpc) is 2.88. The van der Waals surface area contributed by atoms with Gasteiger partial charge < -0.3 is 4.74 Å². The largest absolute Gasteiger partial charge is 0.378 e. The molecule has 1 aliphatic heterocycles. The molecule has 3 aromatic carbocycles. The first-order valence-electron chi connectivity index (χ1n) is 12.3. The van der Waals surface area contributed by atoms with Gasteiger partial charge in [0.2, 0.25) is 0 Å². The monoisotopic (exact) mass is 500 g/mol. The molecule has 1 fully saturated rings. The standard InChI is InChI=1S/C30H29F5O/c1-3-5-7-18-8-9-19(16-26(18)31)22-12-14-24(29(34)27(22)32)25-15-13-23(28(33)30(25)35)20-10-11-21(6-4-2)36-17-20/h3,8-9,12-16,20-21H,1,4-7,10-11,17H2,2H3. The van der Waals surface area contributed by atoms with Crippen LogP contribution in [0.5, 0.6) is 0 Å². The summed E-state index contributed by atoms with van der Waals surface area (Å²) in [5.74, 6) is -5.71. The smallest absolute Gasteiger partial charge is 0.167 e. The minimum absolute atomic E-state index is 0.130. The first-order chi connectivity index (χ1) is 17.3. The number of hydrogen-bond donors (Lipinski definition) is 0. The first kappa shape index (κ1) is 26.1. The SMILES string of the molecule is C=CCCc1ccc(-c2ccc(-c3ccc(C4CCC(CCC)OC4)c(F)c3F)c(F)c2F)cc1F. The highest BCUT2D eigenvalue weighted by Gasteiger charge is 2.28. The zero-order valence-corrected chi connectivity index (χ0v) is 20.2. The Morgan fingerprint density at radius 2 is 1.53 bits per heavy atom. The molecule has 0 amide bonds. The Labute approximate surface area is 208 Å². The van der Waals surface area contributed by atoms with Crippen molar-refractivity contribution in [2.24, 2.45) is 0 Å². The maximum Gasteiger partial charge on any atom is 0.167 e. The molecule has 0 saturated carbocycles. The molecule has 3 aromatic rings. The zero-order chi connectivity index (χ0) is 25.8. The highest BCUT2D eigenvalue weighted by atomic mass is 19.2. The van der Waals surface area contributed by atoms with Crippen molar-refractivity contribution in [1.29, 1.82) is 0 Å². The summed E-state index contributed by atoms with van der Waals surface area (Å²) in [5.41, 5.74) is -0.160. The number of ether oxygens (including phenoxy) is 1. The van der Waals surface area contributed by atoms with E-state index in [1.165, 1.54) is 36.4 Å². The van der Waals surface area contributed by atoms with Gasteiger partial charge in [0.1, 0.15) is 5.82 Å². The fourth-order valence-electron chi connectivity index (χ4n) is 4.84. The molecule has 4 rings (SSSR count). The van der Waals surface area contributed by atoms with Gasteiger partial charge >= 0.3 is 0 Å². The van der Waals surface area contributed by atoms with Crippen molar-refractivity contribution in [2.75, 3.05) is 6.61 Å². The molecule has 1 saturated heterocycles. The molecule has 1 heterocycles. The van der Waals surface area contributed by atoms with E-state index in [0.717, 1.165) is 25.3 Å². The van der Waals surface area contributed by atoms with Gasteiger partial charge in [0, 0.05) is 22.6 Å². The fourth-order valence-corrected chi connectivity index (χ4v) is 4.84. The molecule has 0 bridgehead atoms. The maximum atomic E-state index is 15.1. The zero-order valence-electron chi connectivity index (χ0n) is 20.2. The second-order valence-corrected chi connectivity index (χ2v) is 9.27. The van der Waals surface area contributed by atoms with Crippen LogP contribution in [0, 0.1) is 29.1 Å². The molecule has 0 N–H and O–H groups in total. The summed E-state index contributed by atoms with van der Waals surface area (Å²) in [4.78, 5) is 0. The third-order valence-electron chi connectivity index (χ3n) is 6.89. The fraction of sp³-hybridized carbons (Fsp3) is 0.333. The van der Waals surface area contributed by atoms with E-state index in [9.17, 15) is 4.39 Å². The van der Waals surface area contributed by atoms with Crippen LogP contribution < -0.4 is 0 Å². The van der Waals surface area contributed by atoms with Gasteiger partial charge in [-0.15, -0.1) is 6.58 Å². The summed E-state index contributed by atoms with van der Waals surface area (Å²) in [7, 11) is 0. The van der Waals surface area contributed by atoms with Crippen molar-refractivity contribution in [2.45, 2.75) is 57.5 Å². The predicted octanol–water partition coefficient (Wildman–Crippen LogP) is 8.90. The van der Waals surface area contributed by atoms with Crippen LogP contribution in [0.25, 0.3) is 22.3 Å². The number of allylic oxidation sites excluding steroid dienone is 1. The predicted molar refractivity (Wildman–Crippen MR) is 132 cm³/mol. The lowest BCUT2D eigenvalue weighted by molar-refractivity contribution is -0.00181. The average molecular weight is 501 g/mol. The Bertz CT molecular complexity index is 1240. The first-order valence-corrected chi connectivity index (χ1v) is 12.3. The van der Waals surface area contributed by atoms with Gasteiger partial charge in [-0.25, -0.2) is 22.0 Å². The van der Waals surface area contributed by atoms with Crippen molar-refractivity contribution in [3.05, 3.63) is 95.3 Å². The van der Waals surface area contributed by atoms with Gasteiger partial charge in [0.25, 0.3) is 0 Å². The lowest BCUT2D eigenvalue weighted by Gasteiger charge is -2.29. The summed E-state index contributed by atoms with van der Waals surface area (Å²) in [6.07, 6.45) is 6.17. The van der Waals surface area contributed by atoms with E-state index in [2.05, 4.69) is 13.5 Å². The molecule has 2 atom stereocenters. The number of halogens is 5. The van der Waals surface area contributed by atoms with E-state index < -0.39 is 34.6 Å². The van der Waals surface area contributed by atoms with Crippen LogP contribution in [-0.2, 0) is 11.2 Å². The molecular formula is C30H29F5O. The van der Waals surface area contributed by atoms with E-state index in [4.69, 9.17) is 4.74 Å². The van der Waals surface area contributed by atoms with Crippen molar-refractivity contribution >= 4 is 0 Å². The van der Waals surface area contributed by atoms with Gasteiger partial charge in [0.05, 0.1) is 12.7 Å². The topological polar surface area (TPSA) is 9.23 Å². The molecule has 0 spiro atoms. The maximum absolute atomic E-state index is 15.1. The molecule has 1 nitrogen and oxygen atoms in total. The van der Waals surface area contributed by atoms with E-state index in [1.54, 1.807) is 6.08 Å². The van der Waals surface area contributed by atoms with Gasteiger partial charge in [-0.2, -0.15) is 0 Å². The molecule has 0 radical (unpaired) electrons. The lowest BCUT2D eigenvalue weighted by atomic mass is 9.88. The van der Waals surface area contributed by atoms with Crippen LogP contribution in [-0.4, -0.2) is 12.7 Å². The number of benzene rings is 3.